The van der Waals surface area contributed by atoms with E-state index in [1.165, 1.54) is 15.6 Å². The normalized spacial score (nSPS) is 11.4. The van der Waals surface area contributed by atoms with E-state index in [2.05, 4.69) is 30.6 Å². The third-order valence-electron chi connectivity index (χ3n) is 2.41. The van der Waals surface area contributed by atoms with E-state index in [1.54, 1.807) is 11.3 Å². The Morgan fingerprint density at radius 2 is 2.20 bits per heavy atom. The van der Waals surface area contributed by atoms with Crippen LogP contribution in [-0.4, -0.2) is 6.04 Å². The van der Waals surface area contributed by atoms with E-state index in [1.807, 2.05) is 12.1 Å². The van der Waals surface area contributed by atoms with Crippen molar-refractivity contribution in [1.29, 1.82) is 0 Å². The summed E-state index contributed by atoms with van der Waals surface area (Å²) in [7, 11) is 0. The molecule has 0 spiro atoms. The lowest BCUT2D eigenvalue weighted by atomic mass is 10.1. The van der Waals surface area contributed by atoms with Crippen molar-refractivity contribution in [3.05, 3.63) is 29.1 Å². The zero-order valence-corrected chi connectivity index (χ0v) is 9.90. The standard InChI is InChI=1S/C12H16N2S/c1-8(2)14-6-9-7-15-11-5-3-4-10(13)12(9)11/h3-5,7-8,14H,6,13H2,1-2H3. The Bertz CT molecular complexity index is 460. The van der Waals surface area contributed by atoms with Gasteiger partial charge in [0.05, 0.1) is 0 Å². The molecule has 0 bridgehead atoms. The molecule has 1 heterocycles. The number of thiophene rings is 1. The van der Waals surface area contributed by atoms with E-state index in [9.17, 15) is 0 Å². The largest absolute Gasteiger partial charge is 0.398 e. The maximum Gasteiger partial charge on any atom is 0.0405 e. The number of anilines is 1. The lowest BCUT2D eigenvalue weighted by Crippen LogP contribution is -2.21. The fraction of sp³-hybridized carbons (Fsp3) is 0.333. The Labute approximate surface area is 94.1 Å². The number of benzene rings is 1. The number of fused-ring (bicyclic) bond motifs is 1. The molecule has 15 heavy (non-hydrogen) atoms. The quantitative estimate of drug-likeness (QED) is 0.780. The van der Waals surface area contributed by atoms with Gasteiger partial charge in [0, 0.05) is 28.4 Å². The second-order valence-corrected chi connectivity index (χ2v) is 4.93. The summed E-state index contributed by atoms with van der Waals surface area (Å²) in [5.74, 6) is 0. The second kappa shape index (κ2) is 4.21. The van der Waals surface area contributed by atoms with E-state index < -0.39 is 0 Å². The summed E-state index contributed by atoms with van der Waals surface area (Å²) in [5.41, 5.74) is 8.18. The van der Waals surface area contributed by atoms with Crippen LogP contribution in [0, 0.1) is 0 Å². The molecule has 0 aliphatic carbocycles. The van der Waals surface area contributed by atoms with E-state index in [0.29, 0.717) is 6.04 Å². The van der Waals surface area contributed by atoms with Crippen LogP contribution in [0.2, 0.25) is 0 Å². The van der Waals surface area contributed by atoms with E-state index in [-0.39, 0.29) is 0 Å². The molecule has 2 nitrogen and oxygen atoms in total. The summed E-state index contributed by atoms with van der Waals surface area (Å²) in [6, 6.07) is 6.60. The predicted octanol–water partition coefficient (Wildman–Crippen LogP) is 2.98. The van der Waals surface area contributed by atoms with Crippen LogP contribution in [0.1, 0.15) is 19.4 Å². The Balaban J connectivity index is 2.35. The highest BCUT2D eigenvalue weighted by atomic mass is 32.1. The lowest BCUT2D eigenvalue weighted by Gasteiger charge is -2.07. The number of rotatable bonds is 3. The summed E-state index contributed by atoms with van der Waals surface area (Å²) in [6.45, 7) is 5.20. The molecular weight excluding hydrogens is 204 g/mol. The third-order valence-corrected chi connectivity index (χ3v) is 3.40. The molecule has 80 valence electrons. The highest BCUT2D eigenvalue weighted by Gasteiger charge is 2.06. The first-order valence-electron chi connectivity index (χ1n) is 5.16. The van der Waals surface area contributed by atoms with E-state index in [4.69, 9.17) is 5.73 Å². The van der Waals surface area contributed by atoms with Crippen molar-refractivity contribution >= 4 is 27.1 Å². The first-order chi connectivity index (χ1) is 7.18. The predicted molar refractivity (Wildman–Crippen MR) is 68.2 cm³/mol. The molecule has 0 unspecified atom stereocenters. The molecule has 0 saturated heterocycles. The molecule has 0 atom stereocenters. The zero-order chi connectivity index (χ0) is 10.8. The van der Waals surface area contributed by atoms with Crippen LogP contribution in [0.25, 0.3) is 10.1 Å². The van der Waals surface area contributed by atoms with Crippen LogP contribution >= 0.6 is 11.3 Å². The van der Waals surface area contributed by atoms with Crippen molar-refractivity contribution in [3.8, 4) is 0 Å². The minimum absolute atomic E-state index is 0.505. The van der Waals surface area contributed by atoms with Gasteiger partial charge in [-0.3, -0.25) is 0 Å². The third kappa shape index (κ3) is 2.13. The molecule has 0 fully saturated rings. The monoisotopic (exact) mass is 220 g/mol. The molecule has 0 aliphatic heterocycles. The first-order valence-corrected chi connectivity index (χ1v) is 6.04. The molecule has 3 heteroatoms. The molecule has 0 saturated carbocycles. The Hall–Kier alpha value is -1.06. The summed E-state index contributed by atoms with van der Waals surface area (Å²) in [4.78, 5) is 0. The lowest BCUT2D eigenvalue weighted by molar-refractivity contribution is 0.591. The maximum atomic E-state index is 5.99. The Morgan fingerprint density at radius 3 is 2.93 bits per heavy atom. The van der Waals surface area contributed by atoms with Crippen LogP contribution in [0.3, 0.4) is 0 Å². The van der Waals surface area contributed by atoms with Gasteiger partial charge in [-0.2, -0.15) is 0 Å². The highest BCUT2D eigenvalue weighted by Crippen LogP contribution is 2.30. The summed E-state index contributed by atoms with van der Waals surface area (Å²) in [5, 5.41) is 6.83. The van der Waals surface area contributed by atoms with Gasteiger partial charge in [0.2, 0.25) is 0 Å². The molecule has 0 radical (unpaired) electrons. The molecular formula is C12H16N2S. The SMILES string of the molecule is CC(C)NCc1csc2cccc(N)c12. The van der Waals surface area contributed by atoms with Crippen molar-refractivity contribution in [2.75, 3.05) is 5.73 Å². The van der Waals surface area contributed by atoms with Crippen molar-refractivity contribution in [2.45, 2.75) is 26.4 Å². The van der Waals surface area contributed by atoms with Crippen LogP contribution in [0.15, 0.2) is 23.6 Å². The second-order valence-electron chi connectivity index (χ2n) is 4.02. The van der Waals surface area contributed by atoms with Gasteiger partial charge in [0.1, 0.15) is 0 Å². The molecule has 2 rings (SSSR count). The van der Waals surface area contributed by atoms with Crippen LogP contribution in [-0.2, 0) is 6.54 Å². The topological polar surface area (TPSA) is 38.0 Å². The number of nitrogens with one attached hydrogen (secondary N) is 1. The van der Waals surface area contributed by atoms with Gasteiger partial charge in [-0.15, -0.1) is 11.3 Å². The van der Waals surface area contributed by atoms with Crippen LogP contribution in [0.5, 0.6) is 0 Å². The molecule has 1 aromatic carbocycles. The summed E-state index contributed by atoms with van der Waals surface area (Å²) < 4.78 is 1.27. The summed E-state index contributed by atoms with van der Waals surface area (Å²) in [6.07, 6.45) is 0. The smallest absolute Gasteiger partial charge is 0.0405 e. The maximum absolute atomic E-state index is 5.99. The minimum atomic E-state index is 0.505. The first kappa shape index (κ1) is 10.5. The summed E-state index contributed by atoms with van der Waals surface area (Å²) >= 11 is 1.76. The highest BCUT2D eigenvalue weighted by molar-refractivity contribution is 7.17. The fourth-order valence-corrected chi connectivity index (χ4v) is 2.62. The van der Waals surface area contributed by atoms with Gasteiger partial charge in [-0.25, -0.2) is 0 Å². The number of hydrogen-bond donors (Lipinski definition) is 2. The van der Waals surface area contributed by atoms with E-state index in [0.717, 1.165) is 12.2 Å². The van der Waals surface area contributed by atoms with Crippen molar-refractivity contribution in [2.24, 2.45) is 0 Å². The van der Waals surface area contributed by atoms with Crippen LogP contribution in [0.4, 0.5) is 5.69 Å². The van der Waals surface area contributed by atoms with Crippen molar-refractivity contribution in [3.63, 3.8) is 0 Å². The van der Waals surface area contributed by atoms with Gasteiger partial charge in [-0.1, -0.05) is 19.9 Å². The average Bonchev–Trinajstić information content (AvgIpc) is 2.59. The molecule has 3 N–H and O–H groups in total. The van der Waals surface area contributed by atoms with Crippen molar-refractivity contribution < 1.29 is 0 Å². The van der Waals surface area contributed by atoms with Gasteiger partial charge in [0.25, 0.3) is 0 Å². The number of nitrogen functional groups attached to an aromatic ring is 1. The average molecular weight is 220 g/mol. The van der Waals surface area contributed by atoms with E-state index >= 15 is 0 Å². The van der Waals surface area contributed by atoms with Gasteiger partial charge >= 0.3 is 0 Å². The Kier molecular flexibility index (Phi) is 2.93. The molecule has 0 aliphatic rings. The van der Waals surface area contributed by atoms with Crippen LogP contribution < -0.4 is 11.1 Å². The molecule has 0 amide bonds. The zero-order valence-electron chi connectivity index (χ0n) is 9.08. The van der Waals surface area contributed by atoms with Gasteiger partial charge in [-0.05, 0) is 23.1 Å². The number of nitrogens with two attached hydrogens (primary N) is 1. The molecule has 1 aromatic heterocycles. The molecule has 2 aromatic rings. The van der Waals surface area contributed by atoms with Gasteiger partial charge in [0.15, 0.2) is 0 Å². The van der Waals surface area contributed by atoms with Crippen molar-refractivity contribution in [1.82, 2.24) is 5.32 Å². The minimum Gasteiger partial charge on any atom is -0.398 e. The van der Waals surface area contributed by atoms with Gasteiger partial charge < -0.3 is 11.1 Å². The number of hydrogen-bond acceptors (Lipinski definition) is 3. The Morgan fingerprint density at radius 1 is 1.40 bits per heavy atom. The fourth-order valence-electron chi connectivity index (χ4n) is 1.63.